The smallest absolute Gasteiger partial charge is 0.271 e. The Kier molecular flexibility index (Phi) is 5.76. The van der Waals surface area contributed by atoms with Gasteiger partial charge < -0.3 is 10.2 Å². The van der Waals surface area contributed by atoms with Crippen molar-refractivity contribution in [1.82, 2.24) is 15.3 Å². The van der Waals surface area contributed by atoms with Crippen LogP contribution in [0.5, 0.6) is 0 Å². The van der Waals surface area contributed by atoms with Gasteiger partial charge in [-0.15, -0.1) is 0 Å². The first kappa shape index (κ1) is 18.5. The summed E-state index contributed by atoms with van der Waals surface area (Å²) in [6.07, 6.45) is 3.06. The third-order valence-electron chi connectivity index (χ3n) is 4.14. The molecule has 1 heterocycles. The highest BCUT2D eigenvalue weighted by atomic mass is 19.1. The third-order valence-corrected chi connectivity index (χ3v) is 4.14. The van der Waals surface area contributed by atoms with E-state index in [0.29, 0.717) is 12.4 Å². The second-order valence-corrected chi connectivity index (χ2v) is 6.15. The Labute approximate surface area is 157 Å². The van der Waals surface area contributed by atoms with E-state index in [0.717, 1.165) is 23.4 Å². The molecule has 1 aromatic heterocycles. The minimum Gasteiger partial charge on any atom is -0.347 e. The van der Waals surface area contributed by atoms with Gasteiger partial charge in [0.1, 0.15) is 11.5 Å². The average Bonchev–Trinajstić information content (AvgIpc) is 2.68. The molecule has 1 N–H and O–H groups in total. The fraction of sp³-hybridized carbons (Fsp3) is 0.190. The van der Waals surface area contributed by atoms with Gasteiger partial charge in [0.2, 0.25) is 0 Å². The summed E-state index contributed by atoms with van der Waals surface area (Å²) in [4.78, 5) is 22.9. The van der Waals surface area contributed by atoms with Crippen molar-refractivity contribution in [2.24, 2.45) is 0 Å². The Morgan fingerprint density at radius 1 is 1.11 bits per heavy atom. The van der Waals surface area contributed by atoms with Crippen LogP contribution in [0.15, 0.2) is 60.9 Å². The lowest BCUT2D eigenvalue weighted by atomic mass is 10.2. The number of hydrogen-bond acceptors (Lipinski definition) is 4. The summed E-state index contributed by atoms with van der Waals surface area (Å²) < 4.78 is 12.9. The van der Waals surface area contributed by atoms with E-state index in [-0.39, 0.29) is 17.4 Å². The van der Waals surface area contributed by atoms with Crippen molar-refractivity contribution >= 4 is 17.4 Å². The first-order chi connectivity index (χ1) is 13.1. The number of rotatable bonds is 6. The quantitative estimate of drug-likeness (QED) is 0.718. The maximum absolute atomic E-state index is 12.9. The number of amides is 1. The highest BCUT2D eigenvalue weighted by Crippen LogP contribution is 2.23. The summed E-state index contributed by atoms with van der Waals surface area (Å²) in [6, 6.07) is 14.1. The van der Waals surface area contributed by atoms with Crippen LogP contribution in [0.25, 0.3) is 0 Å². The summed E-state index contributed by atoms with van der Waals surface area (Å²) in [7, 11) is 0. The van der Waals surface area contributed by atoms with Crippen molar-refractivity contribution in [3.8, 4) is 0 Å². The number of hydrogen-bond donors (Lipinski definition) is 1. The number of benzene rings is 2. The largest absolute Gasteiger partial charge is 0.347 e. The van der Waals surface area contributed by atoms with Crippen LogP contribution in [0.1, 0.15) is 28.5 Å². The van der Waals surface area contributed by atoms with E-state index in [1.807, 2.05) is 36.9 Å². The van der Waals surface area contributed by atoms with Crippen LogP contribution in [0.3, 0.4) is 0 Å². The number of halogens is 1. The predicted octanol–water partition coefficient (Wildman–Crippen LogP) is 4.01. The fourth-order valence-electron chi connectivity index (χ4n) is 2.73. The third kappa shape index (κ3) is 4.67. The monoisotopic (exact) mass is 364 g/mol. The van der Waals surface area contributed by atoms with Crippen LogP contribution >= 0.6 is 0 Å². The average molecular weight is 364 g/mol. The molecule has 0 atom stereocenters. The molecule has 0 spiro atoms. The van der Waals surface area contributed by atoms with E-state index in [4.69, 9.17) is 0 Å². The molecule has 0 unspecified atom stereocenters. The second kappa shape index (κ2) is 8.40. The van der Waals surface area contributed by atoms with Gasteiger partial charge in [-0.25, -0.2) is 14.4 Å². The van der Waals surface area contributed by atoms with Crippen molar-refractivity contribution in [2.45, 2.75) is 20.4 Å². The lowest BCUT2D eigenvalue weighted by Gasteiger charge is -2.22. The Bertz CT molecular complexity index is 910. The summed E-state index contributed by atoms with van der Waals surface area (Å²) in [5.41, 5.74) is 3.24. The summed E-state index contributed by atoms with van der Waals surface area (Å²) in [5.74, 6) is 0.0517. The van der Waals surface area contributed by atoms with Gasteiger partial charge in [0.05, 0.1) is 12.4 Å². The molecule has 0 bridgehead atoms. The van der Waals surface area contributed by atoms with Gasteiger partial charge in [-0.05, 0) is 49.2 Å². The molecule has 27 heavy (non-hydrogen) atoms. The Morgan fingerprint density at radius 2 is 1.89 bits per heavy atom. The molecule has 0 radical (unpaired) electrons. The number of carbonyl (C=O) groups excluding carboxylic acids is 1. The van der Waals surface area contributed by atoms with Crippen molar-refractivity contribution in [3.63, 3.8) is 0 Å². The highest BCUT2D eigenvalue weighted by Gasteiger charge is 2.12. The molecular weight excluding hydrogens is 343 g/mol. The molecule has 0 fully saturated rings. The van der Waals surface area contributed by atoms with Crippen LogP contribution in [0.2, 0.25) is 0 Å². The van der Waals surface area contributed by atoms with Gasteiger partial charge in [0.15, 0.2) is 5.82 Å². The molecule has 0 saturated carbocycles. The number of aryl methyl sites for hydroxylation is 1. The Hall–Kier alpha value is -3.28. The molecule has 0 aliphatic carbocycles. The standard InChI is InChI=1S/C21H21FN4O/c1-3-26(18-6-4-5-15(2)11-18)20-14-23-19(13-24-20)21(27)25-12-16-7-9-17(22)10-8-16/h4-11,13-14H,3,12H2,1-2H3,(H,25,27). The van der Waals surface area contributed by atoms with Crippen LogP contribution in [0.4, 0.5) is 15.9 Å². The summed E-state index contributed by atoms with van der Waals surface area (Å²) >= 11 is 0. The van der Waals surface area contributed by atoms with Gasteiger partial charge in [-0.2, -0.15) is 0 Å². The summed E-state index contributed by atoms with van der Waals surface area (Å²) in [5, 5.41) is 2.76. The minimum atomic E-state index is -0.322. The Balaban J connectivity index is 1.68. The van der Waals surface area contributed by atoms with Crippen LogP contribution in [0, 0.1) is 12.7 Å². The van der Waals surface area contributed by atoms with E-state index in [2.05, 4.69) is 21.4 Å². The first-order valence-electron chi connectivity index (χ1n) is 8.75. The molecule has 3 rings (SSSR count). The van der Waals surface area contributed by atoms with E-state index in [1.54, 1.807) is 18.3 Å². The second-order valence-electron chi connectivity index (χ2n) is 6.15. The number of nitrogens with zero attached hydrogens (tertiary/aromatic N) is 3. The molecule has 3 aromatic rings. The zero-order chi connectivity index (χ0) is 19.2. The molecule has 0 aliphatic heterocycles. The zero-order valence-corrected chi connectivity index (χ0v) is 15.3. The van der Waals surface area contributed by atoms with Crippen molar-refractivity contribution in [1.29, 1.82) is 0 Å². The summed E-state index contributed by atoms with van der Waals surface area (Å²) in [6.45, 7) is 5.10. The Morgan fingerprint density at radius 3 is 2.52 bits per heavy atom. The number of nitrogens with one attached hydrogen (secondary N) is 1. The van der Waals surface area contributed by atoms with Crippen LogP contribution in [-0.4, -0.2) is 22.4 Å². The van der Waals surface area contributed by atoms with E-state index in [1.165, 1.54) is 18.3 Å². The lowest BCUT2D eigenvalue weighted by molar-refractivity contribution is 0.0945. The molecule has 138 valence electrons. The normalized spacial score (nSPS) is 10.5. The van der Waals surface area contributed by atoms with Crippen molar-refractivity contribution in [3.05, 3.63) is 83.6 Å². The highest BCUT2D eigenvalue weighted by molar-refractivity contribution is 5.92. The van der Waals surface area contributed by atoms with Gasteiger partial charge >= 0.3 is 0 Å². The molecule has 0 saturated heterocycles. The molecule has 1 amide bonds. The fourth-order valence-corrected chi connectivity index (χ4v) is 2.73. The van der Waals surface area contributed by atoms with Gasteiger partial charge in [0, 0.05) is 18.8 Å². The van der Waals surface area contributed by atoms with Crippen LogP contribution in [-0.2, 0) is 6.54 Å². The lowest BCUT2D eigenvalue weighted by Crippen LogP contribution is -2.24. The van der Waals surface area contributed by atoms with Gasteiger partial charge in [-0.1, -0.05) is 24.3 Å². The minimum absolute atomic E-state index is 0.237. The molecule has 6 heteroatoms. The topological polar surface area (TPSA) is 58.1 Å². The van der Waals surface area contributed by atoms with Crippen LogP contribution < -0.4 is 10.2 Å². The first-order valence-corrected chi connectivity index (χ1v) is 8.75. The van der Waals surface area contributed by atoms with Gasteiger partial charge in [-0.3, -0.25) is 4.79 Å². The van der Waals surface area contributed by atoms with Gasteiger partial charge in [0.25, 0.3) is 5.91 Å². The molecule has 5 nitrogen and oxygen atoms in total. The van der Waals surface area contributed by atoms with Crippen molar-refractivity contribution < 1.29 is 9.18 Å². The van der Waals surface area contributed by atoms with E-state index in [9.17, 15) is 9.18 Å². The molecule has 0 aliphatic rings. The number of carbonyl (C=O) groups is 1. The van der Waals surface area contributed by atoms with Crippen molar-refractivity contribution in [2.75, 3.05) is 11.4 Å². The predicted molar refractivity (Wildman–Crippen MR) is 103 cm³/mol. The molecule has 2 aromatic carbocycles. The molecular formula is C21H21FN4O. The van der Waals surface area contributed by atoms with E-state index < -0.39 is 0 Å². The van der Waals surface area contributed by atoms with E-state index >= 15 is 0 Å². The zero-order valence-electron chi connectivity index (χ0n) is 15.3. The maximum atomic E-state index is 12.9. The number of anilines is 2. The SMILES string of the molecule is CCN(c1cccc(C)c1)c1cnc(C(=O)NCc2ccc(F)cc2)cn1. The number of aromatic nitrogens is 2. The maximum Gasteiger partial charge on any atom is 0.271 e.